The van der Waals surface area contributed by atoms with Crippen LogP contribution in [0.1, 0.15) is 5.82 Å². The fourth-order valence-electron chi connectivity index (χ4n) is 0.967. The lowest BCUT2D eigenvalue weighted by molar-refractivity contribution is 0.322. The quantitative estimate of drug-likeness (QED) is 0.687. The molecule has 0 aromatic carbocycles. The molecule has 1 heterocycles. The second kappa shape index (κ2) is 5.22. The zero-order valence-electron chi connectivity index (χ0n) is 7.23. The molecule has 0 spiro atoms. The maximum Gasteiger partial charge on any atom is 0.109 e. The molecule has 68 valence electrons. The summed E-state index contributed by atoms with van der Waals surface area (Å²) in [7, 11) is 2.00. The van der Waals surface area contributed by atoms with Gasteiger partial charge in [0.2, 0.25) is 0 Å². The molecule has 0 aliphatic carbocycles. The van der Waals surface area contributed by atoms with Gasteiger partial charge in [0.25, 0.3) is 0 Å². The summed E-state index contributed by atoms with van der Waals surface area (Å²) in [6.07, 6.45) is 4.74. The fourth-order valence-corrected chi connectivity index (χ4v) is 1.63. The van der Waals surface area contributed by atoms with Gasteiger partial charge in [-0.25, -0.2) is 4.98 Å². The Labute approximate surface area is 76.8 Å². The van der Waals surface area contributed by atoms with Crippen molar-refractivity contribution in [3.8, 4) is 0 Å². The predicted octanol–water partition coefficient (Wildman–Crippen LogP) is 0.688. The van der Waals surface area contributed by atoms with E-state index < -0.39 is 0 Å². The van der Waals surface area contributed by atoms with Crippen LogP contribution in [0.3, 0.4) is 0 Å². The molecular weight excluding hydrogens is 172 g/mol. The third kappa shape index (κ3) is 2.87. The molecule has 4 heteroatoms. The van der Waals surface area contributed by atoms with Crippen molar-refractivity contribution in [3.63, 3.8) is 0 Å². The van der Waals surface area contributed by atoms with Gasteiger partial charge < -0.3 is 9.67 Å². The number of aryl methyl sites for hydroxylation is 2. The van der Waals surface area contributed by atoms with Crippen LogP contribution in [0.2, 0.25) is 0 Å². The third-order valence-electron chi connectivity index (χ3n) is 1.63. The van der Waals surface area contributed by atoms with Crippen LogP contribution in [0.15, 0.2) is 12.4 Å². The molecule has 0 unspecified atom stereocenters. The summed E-state index contributed by atoms with van der Waals surface area (Å²) < 4.78 is 2.03. The van der Waals surface area contributed by atoms with Crippen molar-refractivity contribution in [2.24, 2.45) is 7.05 Å². The number of thioether (sulfide) groups is 1. The highest BCUT2D eigenvalue weighted by atomic mass is 32.2. The van der Waals surface area contributed by atoms with Crippen molar-refractivity contribution < 1.29 is 5.11 Å². The maximum absolute atomic E-state index is 8.54. The van der Waals surface area contributed by atoms with Crippen LogP contribution in [0, 0.1) is 0 Å². The first kappa shape index (κ1) is 9.61. The first-order valence-electron chi connectivity index (χ1n) is 3.99. The molecular formula is C8H14N2OS. The smallest absolute Gasteiger partial charge is 0.109 e. The summed E-state index contributed by atoms with van der Waals surface area (Å²) in [5.41, 5.74) is 0. The largest absolute Gasteiger partial charge is 0.396 e. The molecule has 0 atom stereocenters. The SMILES string of the molecule is Cn1ccnc1CCSCCO. The topological polar surface area (TPSA) is 38.0 Å². The van der Waals surface area contributed by atoms with Gasteiger partial charge in [-0.2, -0.15) is 11.8 Å². The van der Waals surface area contributed by atoms with Crippen molar-refractivity contribution >= 4 is 11.8 Å². The lowest BCUT2D eigenvalue weighted by Gasteiger charge is -2.00. The van der Waals surface area contributed by atoms with Crippen LogP contribution in [0.5, 0.6) is 0 Å². The number of aromatic nitrogens is 2. The Morgan fingerprint density at radius 3 is 3.00 bits per heavy atom. The molecule has 0 aliphatic rings. The van der Waals surface area contributed by atoms with Gasteiger partial charge in [-0.05, 0) is 0 Å². The van der Waals surface area contributed by atoms with Gasteiger partial charge in [-0.3, -0.25) is 0 Å². The van der Waals surface area contributed by atoms with Crippen LogP contribution in [-0.2, 0) is 13.5 Å². The van der Waals surface area contributed by atoms with Crippen LogP contribution in [-0.4, -0.2) is 32.8 Å². The van der Waals surface area contributed by atoms with Gasteiger partial charge in [0, 0.05) is 37.4 Å². The minimum absolute atomic E-state index is 0.269. The predicted molar refractivity (Wildman–Crippen MR) is 51.3 cm³/mol. The molecule has 0 bridgehead atoms. The lowest BCUT2D eigenvalue weighted by Crippen LogP contribution is -2.00. The average molecular weight is 186 g/mol. The highest BCUT2D eigenvalue weighted by Gasteiger charge is 1.97. The van der Waals surface area contributed by atoms with E-state index in [0.29, 0.717) is 0 Å². The molecule has 1 aromatic rings. The Bertz CT molecular complexity index is 225. The molecule has 0 radical (unpaired) electrons. The summed E-state index contributed by atoms with van der Waals surface area (Å²) in [5, 5.41) is 8.54. The maximum atomic E-state index is 8.54. The van der Waals surface area contributed by atoms with E-state index in [-0.39, 0.29) is 6.61 Å². The standard InChI is InChI=1S/C8H14N2OS/c1-10-4-3-9-8(10)2-6-12-7-5-11/h3-4,11H,2,5-7H2,1H3. The zero-order chi connectivity index (χ0) is 8.81. The Kier molecular flexibility index (Phi) is 4.18. The number of aliphatic hydroxyl groups is 1. The van der Waals surface area contributed by atoms with E-state index in [0.717, 1.165) is 23.8 Å². The molecule has 1 aromatic heterocycles. The summed E-state index contributed by atoms with van der Waals surface area (Å²) in [6.45, 7) is 0.269. The molecule has 1 rings (SSSR count). The van der Waals surface area contributed by atoms with Gasteiger partial charge in [-0.15, -0.1) is 0 Å². The Morgan fingerprint density at radius 1 is 1.58 bits per heavy atom. The van der Waals surface area contributed by atoms with Crippen molar-refractivity contribution in [3.05, 3.63) is 18.2 Å². The van der Waals surface area contributed by atoms with E-state index >= 15 is 0 Å². The summed E-state index contributed by atoms with van der Waals surface area (Å²) >= 11 is 1.76. The van der Waals surface area contributed by atoms with E-state index in [4.69, 9.17) is 5.11 Å². The molecule has 0 aliphatic heterocycles. The van der Waals surface area contributed by atoms with Gasteiger partial charge in [0.05, 0.1) is 6.61 Å². The van der Waals surface area contributed by atoms with Crippen LogP contribution in [0.4, 0.5) is 0 Å². The number of hydrogen-bond donors (Lipinski definition) is 1. The molecule has 12 heavy (non-hydrogen) atoms. The Morgan fingerprint density at radius 2 is 2.42 bits per heavy atom. The van der Waals surface area contributed by atoms with Crippen molar-refractivity contribution in [2.45, 2.75) is 6.42 Å². The van der Waals surface area contributed by atoms with Gasteiger partial charge >= 0.3 is 0 Å². The monoisotopic (exact) mass is 186 g/mol. The van der Waals surface area contributed by atoms with Crippen LogP contribution >= 0.6 is 11.8 Å². The van der Waals surface area contributed by atoms with Gasteiger partial charge in [0.1, 0.15) is 5.82 Å². The number of hydrogen-bond acceptors (Lipinski definition) is 3. The molecule has 0 saturated heterocycles. The van der Waals surface area contributed by atoms with E-state index in [1.54, 1.807) is 11.8 Å². The second-order valence-electron chi connectivity index (χ2n) is 2.54. The van der Waals surface area contributed by atoms with Crippen LogP contribution in [0.25, 0.3) is 0 Å². The first-order valence-corrected chi connectivity index (χ1v) is 5.15. The Balaban J connectivity index is 2.20. The first-order chi connectivity index (χ1) is 5.84. The lowest BCUT2D eigenvalue weighted by atomic mass is 10.4. The molecule has 1 N–H and O–H groups in total. The molecule has 0 amide bonds. The summed E-state index contributed by atoms with van der Waals surface area (Å²) in [5.74, 6) is 2.97. The number of rotatable bonds is 5. The second-order valence-corrected chi connectivity index (χ2v) is 3.77. The van der Waals surface area contributed by atoms with Crippen molar-refractivity contribution in [2.75, 3.05) is 18.1 Å². The minimum Gasteiger partial charge on any atom is -0.396 e. The zero-order valence-corrected chi connectivity index (χ0v) is 8.05. The van der Waals surface area contributed by atoms with Crippen molar-refractivity contribution in [1.29, 1.82) is 0 Å². The third-order valence-corrected chi connectivity index (χ3v) is 2.59. The van der Waals surface area contributed by atoms with Crippen LogP contribution < -0.4 is 0 Å². The normalized spacial score (nSPS) is 10.5. The van der Waals surface area contributed by atoms with E-state index in [9.17, 15) is 0 Å². The van der Waals surface area contributed by atoms with E-state index in [1.807, 2.05) is 24.0 Å². The summed E-state index contributed by atoms with van der Waals surface area (Å²) in [6, 6.07) is 0. The number of nitrogens with zero attached hydrogens (tertiary/aromatic N) is 2. The van der Waals surface area contributed by atoms with Gasteiger partial charge in [-0.1, -0.05) is 0 Å². The van der Waals surface area contributed by atoms with Gasteiger partial charge in [0.15, 0.2) is 0 Å². The molecule has 0 saturated carbocycles. The average Bonchev–Trinajstić information content (AvgIpc) is 2.46. The number of imidazole rings is 1. The molecule has 3 nitrogen and oxygen atoms in total. The summed E-state index contributed by atoms with van der Waals surface area (Å²) in [4.78, 5) is 4.20. The van der Waals surface area contributed by atoms with Crippen molar-refractivity contribution in [1.82, 2.24) is 9.55 Å². The highest BCUT2D eigenvalue weighted by Crippen LogP contribution is 2.03. The van der Waals surface area contributed by atoms with E-state index in [2.05, 4.69) is 4.98 Å². The molecule has 0 fully saturated rings. The van der Waals surface area contributed by atoms with E-state index in [1.165, 1.54) is 0 Å². The minimum atomic E-state index is 0.269. The fraction of sp³-hybridized carbons (Fsp3) is 0.625. The Hall–Kier alpha value is -0.480. The highest BCUT2D eigenvalue weighted by molar-refractivity contribution is 7.99. The number of aliphatic hydroxyl groups excluding tert-OH is 1.